The van der Waals surface area contributed by atoms with Crippen molar-refractivity contribution >= 4 is 5.91 Å². The van der Waals surface area contributed by atoms with Crippen molar-refractivity contribution in [3.8, 4) is 5.75 Å². The lowest BCUT2D eigenvalue weighted by Crippen LogP contribution is -2.46. The Labute approximate surface area is 114 Å². The molecular formula is C15H23NO3. The zero-order valence-corrected chi connectivity index (χ0v) is 12.2. The van der Waals surface area contributed by atoms with Gasteiger partial charge in [-0.3, -0.25) is 4.79 Å². The maximum Gasteiger partial charge on any atom is 0.261 e. The van der Waals surface area contributed by atoms with Gasteiger partial charge in [0, 0.05) is 11.1 Å². The first-order chi connectivity index (χ1) is 8.70. The highest BCUT2D eigenvalue weighted by Gasteiger charge is 2.21. The second kappa shape index (κ2) is 6.06. The van der Waals surface area contributed by atoms with E-state index in [1.807, 2.05) is 32.9 Å². The van der Waals surface area contributed by atoms with E-state index in [4.69, 9.17) is 4.74 Å². The molecule has 2 N–H and O–H groups in total. The number of aliphatic hydroxyl groups excluding tert-OH is 1. The number of amides is 1. The molecule has 2 atom stereocenters. The van der Waals surface area contributed by atoms with Crippen molar-refractivity contribution in [2.45, 2.75) is 52.4 Å². The summed E-state index contributed by atoms with van der Waals surface area (Å²) < 4.78 is 5.64. The number of ether oxygens (including phenoxy) is 1. The Morgan fingerprint density at radius 2 is 1.84 bits per heavy atom. The molecule has 0 aliphatic heterocycles. The molecule has 1 amide bonds. The number of nitrogens with one attached hydrogen (secondary N) is 1. The predicted molar refractivity (Wildman–Crippen MR) is 75.1 cm³/mol. The molecule has 1 aromatic carbocycles. The topological polar surface area (TPSA) is 58.6 Å². The molecule has 0 aromatic heterocycles. The molecule has 1 aromatic rings. The van der Waals surface area contributed by atoms with E-state index in [0.717, 1.165) is 0 Å². The lowest BCUT2D eigenvalue weighted by atomic mass is 10.1. The highest BCUT2D eigenvalue weighted by molar-refractivity contribution is 5.81. The summed E-state index contributed by atoms with van der Waals surface area (Å²) in [6.45, 7) is 9.12. The van der Waals surface area contributed by atoms with Crippen molar-refractivity contribution in [1.82, 2.24) is 5.32 Å². The largest absolute Gasteiger partial charge is 0.481 e. The number of benzene rings is 1. The quantitative estimate of drug-likeness (QED) is 0.879. The minimum atomic E-state index is -0.630. The van der Waals surface area contributed by atoms with Gasteiger partial charge in [0.1, 0.15) is 5.75 Å². The monoisotopic (exact) mass is 265 g/mol. The summed E-state index contributed by atoms with van der Waals surface area (Å²) >= 11 is 0. The van der Waals surface area contributed by atoms with Crippen LogP contribution in [0.1, 0.15) is 46.3 Å². The lowest BCUT2D eigenvalue weighted by Gasteiger charge is -2.24. The van der Waals surface area contributed by atoms with Crippen LogP contribution in [0.5, 0.6) is 5.75 Å². The number of rotatable bonds is 4. The normalized spacial score (nSPS) is 14.6. The Kier molecular flexibility index (Phi) is 4.95. The van der Waals surface area contributed by atoms with Gasteiger partial charge in [-0.25, -0.2) is 0 Å². The van der Waals surface area contributed by atoms with Crippen LogP contribution in [0.25, 0.3) is 0 Å². The average Bonchev–Trinajstić information content (AvgIpc) is 2.27. The molecule has 0 heterocycles. The Morgan fingerprint density at radius 3 is 2.37 bits per heavy atom. The first-order valence-electron chi connectivity index (χ1n) is 6.46. The van der Waals surface area contributed by atoms with Gasteiger partial charge in [-0.1, -0.05) is 18.2 Å². The first kappa shape index (κ1) is 15.5. The van der Waals surface area contributed by atoms with E-state index in [0.29, 0.717) is 11.3 Å². The fourth-order valence-electron chi connectivity index (χ4n) is 1.65. The van der Waals surface area contributed by atoms with Gasteiger partial charge in [-0.05, 0) is 40.7 Å². The second-order valence-corrected chi connectivity index (χ2v) is 5.71. The molecule has 2 unspecified atom stereocenters. The van der Waals surface area contributed by atoms with E-state index in [9.17, 15) is 9.90 Å². The van der Waals surface area contributed by atoms with E-state index in [-0.39, 0.29) is 11.4 Å². The highest BCUT2D eigenvalue weighted by atomic mass is 16.5. The molecule has 0 fully saturated rings. The standard InChI is InChI=1S/C15H23NO3/c1-10(17)12-8-6-7-9-13(12)19-11(2)14(18)16-15(3,4)5/h6-11,17H,1-5H3,(H,16,18). The summed E-state index contributed by atoms with van der Waals surface area (Å²) in [6, 6.07) is 7.18. The molecule has 0 spiro atoms. The molecule has 106 valence electrons. The molecule has 0 saturated heterocycles. The zero-order chi connectivity index (χ0) is 14.6. The molecule has 0 aliphatic rings. The number of aliphatic hydroxyl groups is 1. The van der Waals surface area contributed by atoms with E-state index < -0.39 is 12.2 Å². The van der Waals surface area contributed by atoms with Crippen LogP contribution in [-0.2, 0) is 4.79 Å². The highest BCUT2D eigenvalue weighted by Crippen LogP contribution is 2.25. The summed E-state index contributed by atoms with van der Waals surface area (Å²) in [7, 11) is 0. The van der Waals surface area contributed by atoms with E-state index in [1.165, 1.54) is 0 Å². The summed E-state index contributed by atoms with van der Waals surface area (Å²) in [5, 5.41) is 12.5. The first-order valence-corrected chi connectivity index (χ1v) is 6.46. The van der Waals surface area contributed by atoms with Crippen molar-refractivity contribution in [3.05, 3.63) is 29.8 Å². The number of hydrogen-bond donors (Lipinski definition) is 2. The second-order valence-electron chi connectivity index (χ2n) is 5.71. The van der Waals surface area contributed by atoms with Crippen molar-refractivity contribution < 1.29 is 14.6 Å². The third kappa shape index (κ3) is 4.91. The van der Waals surface area contributed by atoms with Gasteiger partial charge in [0.25, 0.3) is 5.91 Å². The zero-order valence-electron chi connectivity index (χ0n) is 12.2. The molecule has 4 heteroatoms. The van der Waals surface area contributed by atoms with Gasteiger partial charge >= 0.3 is 0 Å². The fourth-order valence-corrected chi connectivity index (χ4v) is 1.65. The van der Waals surface area contributed by atoms with Gasteiger partial charge in [0.05, 0.1) is 6.10 Å². The summed E-state index contributed by atoms with van der Waals surface area (Å²) in [4.78, 5) is 11.9. The van der Waals surface area contributed by atoms with Gasteiger partial charge in [-0.15, -0.1) is 0 Å². The predicted octanol–water partition coefficient (Wildman–Crippen LogP) is 2.42. The van der Waals surface area contributed by atoms with Crippen LogP contribution in [0, 0.1) is 0 Å². The van der Waals surface area contributed by atoms with E-state index in [2.05, 4.69) is 5.32 Å². The number of para-hydroxylation sites is 1. The molecule has 0 radical (unpaired) electrons. The van der Waals surface area contributed by atoms with Gasteiger partial charge in [-0.2, -0.15) is 0 Å². The Bertz CT molecular complexity index is 435. The van der Waals surface area contributed by atoms with Crippen molar-refractivity contribution in [2.75, 3.05) is 0 Å². The Morgan fingerprint density at radius 1 is 1.26 bits per heavy atom. The molecule has 0 bridgehead atoms. The Hall–Kier alpha value is -1.55. The minimum absolute atomic E-state index is 0.173. The van der Waals surface area contributed by atoms with E-state index in [1.54, 1.807) is 26.0 Å². The average molecular weight is 265 g/mol. The van der Waals surface area contributed by atoms with Crippen LogP contribution < -0.4 is 10.1 Å². The van der Waals surface area contributed by atoms with Gasteiger partial charge < -0.3 is 15.2 Å². The molecule has 4 nitrogen and oxygen atoms in total. The smallest absolute Gasteiger partial charge is 0.261 e. The summed E-state index contributed by atoms with van der Waals surface area (Å²) in [5.74, 6) is 0.363. The molecule has 0 saturated carbocycles. The van der Waals surface area contributed by atoms with E-state index >= 15 is 0 Å². The number of hydrogen-bond acceptors (Lipinski definition) is 3. The van der Waals surface area contributed by atoms with Crippen LogP contribution in [0.15, 0.2) is 24.3 Å². The van der Waals surface area contributed by atoms with Gasteiger partial charge in [0.2, 0.25) is 0 Å². The van der Waals surface area contributed by atoms with Crippen molar-refractivity contribution in [3.63, 3.8) is 0 Å². The molecule has 1 rings (SSSR count). The van der Waals surface area contributed by atoms with Crippen LogP contribution in [-0.4, -0.2) is 22.7 Å². The third-order valence-corrected chi connectivity index (χ3v) is 2.54. The maximum atomic E-state index is 11.9. The maximum absolute atomic E-state index is 11.9. The fraction of sp³-hybridized carbons (Fsp3) is 0.533. The number of carbonyl (C=O) groups excluding carboxylic acids is 1. The Balaban J connectivity index is 2.77. The van der Waals surface area contributed by atoms with Gasteiger partial charge in [0.15, 0.2) is 6.10 Å². The van der Waals surface area contributed by atoms with Crippen LogP contribution in [0.3, 0.4) is 0 Å². The van der Waals surface area contributed by atoms with Crippen molar-refractivity contribution in [2.24, 2.45) is 0 Å². The molecular weight excluding hydrogens is 242 g/mol. The summed E-state index contributed by atoms with van der Waals surface area (Å²) in [5.41, 5.74) is 0.385. The minimum Gasteiger partial charge on any atom is -0.481 e. The van der Waals surface area contributed by atoms with Crippen molar-refractivity contribution in [1.29, 1.82) is 0 Å². The molecule has 19 heavy (non-hydrogen) atoms. The number of carbonyl (C=O) groups is 1. The van der Waals surface area contributed by atoms with Crippen LogP contribution in [0.4, 0.5) is 0 Å². The SMILES string of the molecule is CC(Oc1ccccc1C(C)O)C(=O)NC(C)(C)C. The summed E-state index contributed by atoms with van der Waals surface area (Å²) in [6.07, 6.45) is -1.24. The molecule has 0 aliphatic carbocycles. The third-order valence-electron chi connectivity index (χ3n) is 2.54. The van der Waals surface area contributed by atoms with Crippen LogP contribution in [0.2, 0.25) is 0 Å². The van der Waals surface area contributed by atoms with Crippen LogP contribution >= 0.6 is 0 Å². The lowest BCUT2D eigenvalue weighted by molar-refractivity contribution is -0.128.